The standard InChI is InChI=1S/C16H19N5O2/c1-16(4-2-3-7-23-16)15-20-9-12(10-21-15)8-19-14(22)13-11-17-5-6-18-13/h5-6,9-11H,2-4,7-8H2,1H3,(H,19,22)/t16-/m0/s1. The van der Waals surface area contributed by atoms with E-state index in [1.807, 2.05) is 6.92 Å². The first kappa shape index (κ1) is 15.5. The van der Waals surface area contributed by atoms with Crippen molar-refractivity contribution in [3.8, 4) is 0 Å². The minimum absolute atomic E-state index is 0.273. The highest BCUT2D eigenvalue weighted by atomic mass is 16.5. The molecule has 0 aliphatic carbocycles. The van der Waals surface area contributed by atoms with E-state index in [9.17, 15) is 4.79 Å². The molecule has 23 heavy (non-hydrogen) atoms. The summed E-state index contributed by atoms with van der Waals surface area (Å²) in [6.45, 7) is 3.11. The molecule has 3 rings (SSSR count). The van der Waals surface area contributed by atoms with Crippen LogP contribution in [0, 0.1) is 0 Å². The summed E-state index contributed by atoms with van der Waals surface area (Å²) in [5, 5.41) is 2.77. The topological polar surface area (TPSA) is 89.9 Å². The fraction of sp³-hybridized carbons (Fsp3) is 0.438. The van der Waals surface area contributed by atoms with Crippen LogP contribution in [0.4, 0.5) is 0 Å². The average Bonchev–Trinajstić information content (AvgIpc) is 2.61. The Labute approximate surface area is 134 Å². The van der Waals surface area contributed by atoms with Crippen molar-refractivity contribution in [3.63, 3.8) is 0 Å². The third-order valence-electron chi connectivity index (χ3n) is 3.90. The van der Waals surface area contributed by atoms with Gasteiger partial charge < -0.3 is 10.1 Å². The van der Waals surface area contributed by atoms with Crippen molar-refractivity contribution in [2.45, 2.75) is 38.3 Å². The zero-order valence-corrected chi connectivity index (χ0v) is 13.0. The Morgan fingerprint density at radius 3 is 2.70 bits per heavy atom. The fourth-order valence-electron chi connectivity index (χ4n) is 2.52. The van der Waals surface area contributed by atoms with Crippen molar-refractivity contribution in [2.24, 2.45) is 0 Å². The molecule has 2 aromatic rings. The minimum Gasteiger partial charge on any atom is -0.367 e. The predicted molar refractivity (Wildman–Crippen MR) is 82.4 cm³/mol. The molecule has 3 heterocycles. The molecule has 1 atom stereocenters. The van der Waals surface area contributed by atoms with Gasteiger partial charge in [-0.25, -0.2) is 15.0 Å². The number of aromatic nitrogens is 4. The van der Waals surface area contributed by atoms with Crippen molar-refractivity contribution in [2.75, 3.05) is 6.61 Å². The molecule has 1 aliphatic heterocycles. The monoisotopic (exact) mass is 313 g/mol. The van der Waals surface area contributed by atoms with Gasteiger partial charge >= 0.3 is 0 Å². The van der Waals surface area contributed by atoms with Crippen LogP contribution in [-0.4, -0.2) is 32.4 Å². The summed E-state index contributed by atoms with van der Waals surface area (Å²) in [5.41, 5.74) is 0.707. The summed E-state index contributed by atoms with van der Waals surface area (Å²) in [4.78, 5) is 28.6. The molecule has 0 saturated carbocycles. The molecular formula is C16H19N5O2. The molecule has 1 N–H and O–H groups in total. The van der Waals surface area contributed by atoms with Crippen molar-refractivity contribution in [1.82, 2.24) is 25.3 Å². The Morgan fingerprint density at radius 1 is 1.22 bits per heavy atom. The van der Waals surface area contributed by atoms with Crippen LogP contribution < -0.4 is 5.32 Å². The normalized spacial score (nSPS) is 20.9. The third kappa shape index (κ3) is 3.68. The van der Waals surface area contributed by atoms with Gasteiger partial charge in [0.1, 0.15) is 11.3 Å². The molecule has 0 spiro atoms. The third-order valence-corrected chi connectivity index (χ3v) is 3.90. The van der Waals surface area contributed by atoms with Crippen LogP contribution in [0.3, 0.4) is 0 Å². The summed E-state index contributed by atoms with van der Waals surface area (Å²) >= 11 is 0. The van der Waals surface area contributed by atoms with Crippen molar-refractivity contribution < 1.29 is 9.53 Å². The zero-order valence-electron chi connectivity index (χ0n) is 13.0. The molecule has 1 saturated heterocycles. The molecule has 1 fully saturated rings. The lowest BCUT2D eigenvalue weighted by Crippen LogP contribution is -2.32. The van der Waals surface area contributed by atoms with E-state index in [2.05, 4.69) is 25.3 Å². The number of amides is 1. The Morgan fingerprint density at radius 2 is 2.04 bits per heavy atom. The molecule has 120 valence electrons. The molecule has 1 aliphatic rings. The molecule has 7 nitrogen and oxygen atoms in total. The van der Waals surface area contributed by atoms with Gasteiger partial charge in [-0.15, -0.1) is 0 Å². The zero-order chi connectivity index (χ0) is 16.1. The van der Waals surface area contributed by atoms with E-state index < -0.39 is 5.60 Å². The highest BCUT2D eigenvalue weighted by Gasteiger charge is 2.32. The second kappa shape index (κ2) is 6.78. The van der Waals surface area contributed by atoms with Gasteiger partial charge in [-0.1, -0.05) is 0 Å². The maximum Gasteiger partial charge on any atom is 0.271 e. The van der Waals surface area contributed by atoms with Gasteiger partial charge in [-0.05, 0) is 26.2 Å². The highest BCUT2D eigenvalue weighted by Crippen LogP contribution is 2.32. The molecule has 0 unspecified atom stereocenters. The first-order chi connectivity index (χ1) is 11.2. The van der Waals surface area contributed by atoms with Gasteiger partial charge in [0, 0.05) is 43.5 Å². The largest absolute Gasteiger partial charge is 0.367 e. The summed E-state index contributed by atoms with van der Waals surface area (Å²) in [7, 11) is 0. The number of carbonyl (C=O) groups is 1. The van der Waals surface area contributed by atoms with E-state index in [1.54, 1.807) is 12.4 Å². The lowest BCUT2D eigenvalue weighted by atomic mass is 9.95. The predicted octanol–water partition coefficient (Wildman–Crippen LogP) is 1.61. The Balaban J connectivity index is 1.60. The molecule has 2 aromatic heterocycles. The summed E-state index contributed by atoms with van der Waals surface area (Å²) < 4.78 is 5.84. The van der Waals surface area contributed by atoms with Gasteiger partial charge in [0.25, 0.3) is 5.91 Å². The fourth-order valence-corrected chi connectivity index (χ4v) is 2.52. The van der Waals surface area contributed by atoms with Crippen molar-refractivity contribution in [1.29, 1.82) is 0 Å². The maximum atomic E-state index is 11.9. The first-order valence-electron chi connectivity index (χ1n) is 7.67. The highest BCUT2D eigenvalue weighted by molar-refractivity contribution is 5.91. The Bertz CT molecular complexity index is 654. The first-order valence-corrected chi connectivity index (χ1v) is 7.67. The van der Waals surface area contributed by atoms with E-state index in [0.29, 0.717) is 12.4 Å². The number of nitrogens with zero attached hydrogens (tertiary/aromatic N) is 4. The van der Waals surface area contributed by atoms with E-state index in [4.69, 9.17) is 4.74 Å². The minimum atomic E-state index is -0.403. The van der Waals surface area contributed by atoms with Crippen LogP contribution in [-0.2, 0) is 16.9 Å². The van der Waals surface area contributed by atoms with E-state index >= 15 is 0 Å². The lowest BCUT2D eigenvalue weighted by molar-refractivity contribution is -0.0760. The number of ether oxygens (including phenoxy) is 1. The van der Waals surface area contributed by atoms with Crippen LogP contribution in [0.5, 0.6) is 0 Å². The number of rotatable bonds is 4. The van der Waals surface area contributed by atoms with Gasteiger partial charge in [0.05, 0.1) is 6.20 Å². The SMILES string of the molecule is C[C@@]1(c2ncc(CNC(=O)c3cnccn3)cn2)CCCCO1. The van der Waals surface area contributed by atoms with Crippen LogP contribution in [0.1, 0.15) is 48.1 Å². The summed E-state index contributed by atoms with van der Waals surface area (Å²) in [5.74, 6) is 0.422. The average molecular weight is 313 g/mol. The van der Waals surface area contributed by atoms with Crippen LogP contribution in [0.15, 0.2) is 31.0 Å². The molecule has 0 radical (unpaired) electrons. The van der Waals surface area contributed by atoms with Crippen molar-refractivity contribution >= 4 is 5.91 Å². The molecule has 0 bridgehead atoms. The molecule has 7 heteroatoms. The number of hydrogen-bond acceptors (Lipinski definition) is 6. The second-order valence-electron chi connectivity index (χ2n) is 5.72. The number of hydrogen-bond donors (Lipinski definition) is 1. The van der Waals surface area contributed by atoms with Gasteiger partial charge in [0.2, 0.25) is 0 Å². The molecule has 0 aromatic carbocycles. The maximum absolute atomic E-state index is 11.9. The number of carbonyl (C=O) groups excluding carboxylic acids is 1. The van der Waals surface area contributed by atoms with Crippen LogP contribution >= 0.6 is 0 Å². The van der Waals surface area contributed by atoms with Gasteiger partial charge in [-0.2, -0.15) is 0 Å². The van der Waals surface area contributed by atoms with E-state index in [1.165, 1.54) is 18.6 Å². The molecule has 1 amide bonds. The van der Waals surface area contributed by atoms with E-state index in [0.717, 1.165) is 31.4 Å². The quantitative estimate of drug-likeness (QED) is 0.922. The molecular weight excluding hydrogens is 294 g/mol. The second-order valence-corrected chi connectivity index (χ2v) is 5.72. The lowest BCUT2D eigenvalue weighted by Gasteiger charge is -2.32. The van der Waals surface area contributed by atoms with Crippen molar-refractivity contribution in [3.05, 3.63) is 48.1 Å². The van der Waals surface area contributed by atoms with Crippen LogP contribution in [0.25, 0.3) is 0 Å². The van der Waals surface area contributed by atoms with Crippen LogP contribution in [0.2, 0.25) is 0 Å². The van der Waals surface area contributed by atoms with E-state index in [-0.39, 0.29) is 11.6 Å². The Hall–Kier alpha value is -2.41. The summed E-state index contributed by atoms with van der Waals surface area (Å²) in [6, 6.07) is 0. The van der Waals surface area contributed by atoms with Gasteiger partial charge in [0.15, 0.2) is 5.82 Å². The number of nitrogens with one attached hydrogen (secondary N) is 1. The Kier molecular flexibility index (Phi) is 4.57. The van der Waals surface area contributed by atoms with Gasteiger partial charge in [-0.3, -0.25) is 9.78 Å². The summed E-state index contributed by atoms with van der Waals surface area (Å²) in [6.07, 6.45) is 11.0. The smallest absolute Gasteiger partial charge is 0.271 e.